The number of carboxylic acid groups (broad SMARTS) is 1. The maximum atomic E-state index is 11.7. The molecule has 0 saturated carbocycles. The first-order chi connectivity index (χ1) is 9.23. The Labute approximate surface area is 114 Å². The van der Waals surface area contributed by atoms with Crippen LogP contribution in [-0.4, -0.2) is 41.7 Å². The van der Waals surface area contributed by atoms with Gasteiger partial charge in [0, 0.05) is 5.56 Å². The molecule has 1 aromatic carbocycles. The van der Waals surface area contributed by atoms with Crippen molar-refractivity contribution in [3.05, 3.63) is 35.4 Å². The highest BCUT2D eigenvalue weighted by Crippen LogP contribution is 2.04. The van der Waals surface area contributed by atoms with Crippen LogP contribution in [0.5, 0.6) is 0 Å². The number of hydrogen-bond donors (Lipinski definition) is 3. The Balaban J connectivity index is 2.85. The van der Waals surface area contributed by atoms with Gasteiger partial charge in [-0.25, -0.2) is 4.79 Å². The molecule has 0 aliphatic carbocycles. The topological polar surface area (TPSA) is 145 Å². The summed E-state index contributed by atoms with van der Waals surface area (Å²) in [6, 6.07) is 5.37. The average Bonchev–Trinajstić information content (AvgIpc) is 2.36. The van der Waals surface area contributed by atoms with Gasteiger partial charge < -0.3 is 10.4 Å². The predicted molar refractivity (Wildman–Crippen MR) is 66.5 cm³/mol. The van der Waals surface area contributed by atoms with Crippen molar-refractivity contribution in [1.29, 1.82) is 5.26 Å². The van der Waals surface area contributed by atoms with Crippen LogP contribution < -0.4 is 5.32 Å². The Bertz CT molecular complexity index is 659. The van der Waals surface area contributed by atoms with E-state index in [2.05, 4.69) is 0 Å². The van der Waals surface area contributed by atoms with Gasteiger partial charge in [0.2, 0.25) is 0 Å². The third kappa shape index (κ3) is 4.68. The van der Waals surface area contributed by atoms with Crippen LogP contribution in [0.15, 0.2) is 24.3 Å². The van der Waals surface area contributed by atoms with Crippen molar-refractivity contribution in [3.8, 4) is 6.07 Å². The third-order valence-electron chi connectivity index (χ3n) is 2.26. The van der Waals surface area contributed by atoms with Gasteiger partial charge in [0.25, 0.3) is 16.0 Å². The Morgan fingerprint density at radius 2 is 1.85 bits per heavy atom. The van der Waals surface area contributed by atoms with Crippen molar-refractivity contribution in [2.75, 3.05) is 5.75 Å². The van der Waals surface area contributed by atoms with Gasteiger partial charge in [-0.2, -0.15) is 13.7 Å². The Hall–Kier alpha value is -2.44. The number of nitriles is 1. The molecule has 0 bridgehead atoms. The number of amides is 1. The van der Waals surface area contributed by atoms with Gasteiger partial charge >= 0.3 is 5.97 Å². The summed E-state index contributed by atoms with van der Waals surface area (Å²) < 4.78 is 29.9. The van der Waals surface area contributed by atoms with E-state index in [0.29, 0.717) is 5.56 Å². The van der Waals surface area contributed by atoms with Gasteiger partial charge in [-0.3, -0.25) is 9.35 Å². The van der Waals surface area contributed by atoms with Crippen molar-refractivity contribution >= 4 is 22.0 Å². The zero-order valence-corrected chi connectivity index (χ0v) is 10.8. The fourth-order valence-electron chi connectivity index (χ4n) is 1.32. The number of carboxylic acids is 1. The second-order valence-corrected chi connectivity index (χ2v) is 5.30. The van der Waals surface area contributed by atoms with E-state index in [9.17, 15) is 18.0 Å². The molecule has 1 aromatic rings. The molecule has 1 atom stereocenters. The summed E-state index contributed by atoms with van der Waals surface area (Å²) in [5, 5.41) is 19.3. The van der Waals surface area contributed by atoms with Crippen molar-refractivity contribution in [2.24, 2.45) is 0 Å². The van der Waals surface area contributed by atoms with Crippen LogP contribution in [0.2, 0.25) is 0 Å². The van der Waals surface area contributed by atoms with E-state index >= 15 is 0 Å². The average molecular weight is 298 g/mol. The highest BCUT2D eigenvalue weighted by molar-refractivity contribution is 7.85. The molecule has 0 aliphatic heterocycles. The van der Waals surface area contributed by atoms with E-state index in [1.807, 2.05) is 11.4 Å². The molecule has 0 radical (unpaired) electrons. The van der Waals surface area contributed by atoms with E-state index in [0.717, 1.165) is 0 Å². The highest BCUT2D eigenvalue weighted by atomic mass is 32.2. The third-order valence-corrected chi connectivity index (χ3v) is 3.01. The fraction of sp³-hybridized carbons (Fsp3) is 0.182. The summed E-state index contributed by atoms with van der Waals surface area (Å²) in [6.45, 7) is 0. The molecule has 3 N–H and O–H groups in total. The molecule has 8 nitrogen and oxygen atoms in total. The molecule has 0 spiro atoms. The number of carbonyl (C=O) groups is 2. The molecular weight excluding hydrogens is 288 g/mol. The van der Waals surface area contributed by atoms with E-state index in [-0.39, 0.29) is 5.56 Å². The number of carbonyl (C=O) groups excluding carboxylic acids is 1. The van der Waals surface area contributed by atoms with Crippen LogP contribution in [0.1, 0.15) is 15.9 Å². The molecule has 0 saturated heterocycles. The fourth-order valence-corrected chi connectivity index (χ4v) is 1.97. The van der Waals surface area contributed by atoms with Gasteiger partial charge in [0.05, 0.1) is 11.6 Å². The lowest BCUT2D eigenvalue weighted by molar-refractivity contribution is -0.138. The van der Waals surface area contributed by atoms with E-state index in [1.165, 1.54) is 24.3 Å². The minimum Gasteiger partial charge on any atom is -0.480 e. The first-order valence-corrected chi connectivity index (χ1v) is 6.83. The van der Waals surface area contributed by atoms with Crippen LogP contribution in [0.25, 0.3) is 0 Å². The SMILES string of the molecule is N#Cc1ccc(C(=O)NC(CS(=O)(=O)O)C(=O)O)cc1. The minimum absolute atomic E-state index is 0.0607. The van der Waals surface area contributed by atoms with Crippen molar-refractivity contribution < 1.29 is 27.7 Å². The zero-order chi connectivity index (χ0) is 15.3. The normalized spacial score (nSPS) is 12.2. The quantitative estimate of drug-likeness (QED) is 0.629. The minimum atomic E-state index is -4.55. The molecule has 1 rings (SSSR count). The summed E-state index contributed by atoms with van der Waals surface area (Å²) in [5.74, 6) is -3.56. The molecule has 0 fully saturated rings. The second kappa shape index (κ2) is 6.14. The first kappa shape index (κ1) is 15.6. The predicted octanol–water partition coefficient (Wildman–Crippen LogP) is -0.371. The number of benzene rings is 1. The van der Waals surface area contributed by atoms with Crippen molar-refractivity contribution in [3.63, 3.8) is 0 Å². The summed E-state index contributed by atoms with van der Waals surface area (Å²) in [6.07, 6.45) is 0. The molecule has 1 unspecified atom stereocenters. The maximum Gasteiger partial charge on any atom is 0.327 e. The van der Waals surface area contributed by atoms with Crippen LogP contribution in [0.4, 0.5) is 0 Å². The van der Waals surface area contributed by atoms with Crippen LogP contribution in [-0.2, 0) is 14.9 Å². The molecule has 1 amide bonds. The summed E-state index contributed by atoms with van der Waals surface area (Å²) in [7, 11) is -4.55. The number of rotatable bonds is 5. The molecule has 106 valence electrons. The van der Waals surface area contributed by atoms with Crippen molar-refractivity contribution in [1.82, 2.24) is 5.32 Å². The van der Waals surface area contributed by atoms with E-state index in [1.54, 1.807) is 0 Å². The lowest BCUT2D eigenvalue weighted by Gasteiger charge is -2.12. The van der Waals surface area contributed by atoms with Gasteiger partial charge in [-0.05, 0) is 24.3 Å². The van der Waals surface area contributed by atoms with E-state index < -0.39 is 33.8 Å². The second-order valence-electron chi connectivity index (χ2n) is 3.80. The standard InChI is InChI=1S/C11H10N2O6S/c12-5-7-1-3-8(4-2-7)10(14)13-9(11(15)16)6-20(17,18)19/h1-4,9H,6H2,(H,13,14)(H,15,16)(H,17,18,19). The molecule has 20 heavy (non-hydrogen) atoms. The Morgan fingerprint density at radius 3 is 2.25 bits per heavy atom. The molecular formula is C11H10N2O6S. The number of nitrogens with one attached hydrogen (secondary N) is 1. The lowest BCUT2D eigenvalue weighted by Crippen LogP contribution is -2.45. The van der Waals surface area contributed by atoms with Crippen LogP contribution in [0, 0.1) is 11.3 Å². The summed E-state index contributed by atoms with van der Waals surface area (Å²) in [4.78, 5) is 22.5. The Morgan fingerprint density at radius 1 is 1.30 bits per heavy atom. The maximum absolute atomic E-state index is 11.7. The van der Waals surface area contributed by atoms with E-state index in [4.69, 9.17) is 14.9 Å². The summed E-state index contributed by atoms with van der Waals surface area (Å²) in [5.41, 5.74) is 0.375. The van der Waals surface area contributed by atoms with Gasteiger partial charge in [-0.15, -0.1) is 0 Å². The lowest BCUT2D eigenvalue weighted by atomic mass is 10.1. The van der Waals surface area contributed by atoms with Gasteiger partial charge in [-0.1, -0.05) is 0 Å². The molecule has 9 heteroatoms. The monoisotopic (exact) mass is 298 g/mol. The molecule has 0 aromatic heterocycles. The van der Waals surface area contributed by atoms with Crippen molar-refractivity contribution in [2.45, 2.75) is 6.04 Å². The number of nitrogens with zero attached hydrogens (tertiary/aromatic N) is 1. The van der Waals surface area contributed by atoms with Gasteiger partial charge in [0.15, 0.2) is 0 Å². The first-order valence-electron chi connectivity index (χ1n) is 5.22. The molecule has 0 aliphatic rings. The van der Waals surface area contributed by atoms with Crippen LogP contribution >= 0.6 is 0 Å². The Kier molecular flexibility index (Phi) is 4.79. The summed E-state index contributed by atoms with van der Waals surface area (Å²) >= 11 is 0. The smallest absolute Gasteiger partial charge is 0.327 e. The zero-order valence-electron chi connectivity index (χ0n) is 9.98. The number of hydrogen-bond acceptors (Lipinski definition) is 5. The van der Waals surface area contributed by atoms with Crippen LogP contribution in [0.3, 0.4) is 0 Å². The highest BCUT2D eigenvalue weighted by Gasteiger charge is 2.26. The molecule has 0 heterocycles. The largest absolute Gasteiger partial charge is 0.480 e. The van der Waals surface area contributed by atoms with Gasteiger partial charge in [0.1, 0.15) is 11.8 Å². The number of aliphatic carboxylic acids is 1.